The van der Waals surface area contributed by atoms with Gasteiger partial charge in [0.1, 0.15) is 0 Å². The van der Waals surface area contributed by atoms with Crippen LogP contribution in [-0.2, 0) is 6.54 Å². The third-order valence-corrected chi connectivity index (χ3v) is 4.13. The molecule has 0 aliphatic carbocycles. The number of fused-ring (bicyclic) bond motifs is 1. The van der Waals surface area contributed by atoms with Crippen molar-refractivity contribution in [1.29, 1.82) is 0 Å². The van der Waals surface area contributed by atoms with Gasteiger partial charge >= 0.3 is 0 Å². The van der Waals surface area contributed by atoms with Crippen LogP contribution in [0.3, 0.4) is 0 Å². The van der Waals surface area contributed by atoms with Crippen LogP contribution in [0, 0.1) is 12.8 Å². The van der Waals surface area contributed by atoms with E-state index in [1.165, 1.54) is 5.39 Å². The van der Waals surface area contributed by atoms with Gasteiger partial charge in [0.05, 0.1) is 5.52 Å². The van der Waals surface area contributed by atoms with E-state index >= 15 is 0 Å². The normalized spacial score (nSPS) is 16.9. The number of nitrogens with one attached hydrogen (secondary N) is 1. The number of hydrogen-bond donors (Lipinski definition) is 1. The third-order valence-electron chi connectivity index (χ3n) is 4.13. The highest BCUT2D eigenvalue weighted by Crippen LogP contribution is 2.19. The summed E-state index contributed by atoms with van der Waals surface area (Å²) >= 11 is 0. The number of rotatable bonds is 2. The molecule has 2 aromatic rings. The van der Waals surface area contributed by atoms with Crippen LogP contribution in [-0.4, -0.2) is 17.7 Å². The van der Waals surface area contributed by atoms with Crippen molar-refractivity contribution in [2.24, 2.45) is 5.92 Å². The zero-order valence-electron chi connectivity index (χ0n) is 11.4. The predicted octanol–water partition coefficient (Wildman–Crippen LogP) is 2.31. The fraction of sp³-hybridized carbons (Fsp3) is 0.438. The molecule has 1 aliphatic rings. The maximum absolute atomic E-state index is 12.3. The van der Waals surface area contributed by atoms with Crippen LogP contribution in [0.1, 0.15) is 18.4 Å². The lowest BCUT2D eigenvalue weighted by atomic mass is 9.97. The molecule has 0 radical (unpaired) electrons. The molecule has 3 nitrogen and oxygen atoms in total. The van der Waals surface area contributed by atoms with Gasteiger partial charge in [-0.1, -0.05) is 18.2 Å². The summed E-state index contributed by atoms with van der Waals surface area (Å²) < 4.78 is 1.96. The lowest BCUT2D eigenvalue weighted by Crippen LogP contribution is -2.32. The number of pyridine rings is 1. The zero-order chi connectivity index (χ0) is 13.2. The van der Waals surface area contributed by atoms with Crippen molar-refractivity contribution in [2.45, 2.75) is 26.3 Å². The van der Waals surface area contributed by atoms with Crippen LogP contribution in [0.4, 0.5) is 0 Å². The maximum atomic E-state index is 12.3. The molecule has 2 heterocycles. The van der Waals surface area contributed by atoms with Gasteiger partial charge < -0.3 is 9.88 Å². The molecular formula is C16H20N2O. The molecule has 1 fully saturated rings. The summed E-state index contributed by atoms with van der Waals surface area (Å²) in [5.74, 6) is 0.616. The number of nitrogens with zero attached hydrogens (tertiary/aromatic N) is 1. The summed E-state index contributed by atoms with van der Waals surface area (Å²) in [6, 6.07) is 9.98. The van der Waals surface area contributed by atoms with Gasteiger partial charge in [0.15, 0.2) is 0 Å². The number of piperidine rings is 1. The molecule has 100 valence electrons. The van der Waals surface area contributed by atoms with Gasteiger partial charge in [-0.15, -0.1) is 0 Å². The molecule has 1 aromatic carbocycles. The summed E-state index contributed by atoms with van der Waals surface area (Å²) in [4.78, 5) is 12.3. The van der Waals surface area contributed by atoms with Gasteiger partial charge in [-0.2, -0.15) is 0 Å². The highest BCUT2D eigenvalue weighted by Gasteiger charge is 2.15. The summed E-state index contributed by atoms with van der Waals surface area (Å²) in [5.41, 5.74) is 2.28. The van der Waals surface area contributed by atoms with Crippen LogP contribution in [0.15, 0.2) is 35.1 Å². The van der Waals surface area contributed by atoms with E-state index in [0.717, 1.165) is 43.6 Å². The zero-order valence-corrected chi connectivity index (χ0v) is 11.4. The first-order chi connectivity index (χ1) is 9.25. The minimum absolute atomic E-state index is 0.134. The van der Waals surface area contributed by atoms with E-state index in [9.17, 15) is 4.79 Å². The fourth-order valence-electron chi connectivity index (χ4n) is 3.01. The Bertz CT molecular complexity index is 639. The quantitative estimate of drug-likeness (QED) is 0.894. The van der Waals surface area contributed by atoms with Gasteiger partial charge in [-0.3, -0.25) is 4.79 Å². The van der Waals surface area contributed by atoms with Crippen LogP contribution >= 0.6 is 0 Å². The Morgan fingerprint density at radius 1 is 1.26 bits per heavy atom. The van der Waals surface area contributed by atoms with Crippen LogP contribution in [0.25, 0.3) is 10.9 Å². The second-order valence-corrected chi connectivity index (χ2v) is 5.49. The van der Waals surface area contributed by atoms with Crippen LogP contribution in [0.5, 0.6) is 0 Å². The smallest absolute Gasteiger partial charge is 0.251 e. The second kappa shape index (κ2) is 5.17. The molecule has 0 spiro atoms. The first-order valence-corrected chi connectivity index (χ1v) is 7.05. The third kappa shape index (κ3) is 2.43. The standard InChI is InChI=1S/C16H20N2O/c1-12-10-16(19)18(11-13-6-8-17-9-7-13)15-5-3-2-4-14(12)15/h2-5,10,13,17H,6-9,11H2,1H3. The van der Waals surface area contributed by atoms with E-state index in [1.54, 1.807) is 6.07 Å². The Morgan fingerprint density at radius 2 is 2.00 bits per heavy atom. The lowest BCUT2D eigenvalue weighted by molar-refractivity contribution is 0.333. The van der Waals surface area contributed by atoms with Crippen molar-refractivity contribution >= 4 is 10.9 Å². The molecule has 0 unspecified atom stereocenters. The molecule has 3 heteroatoms. The molecule has 0 saturated carbocycles. The fourth-order valence-corrected chi connectivity index (χ4v) is 3.01. The SMILES string of the molecule is Cc1cc(=O)n(CC2CCNCC2)c2ccccc12. The Morgan fingerprint density at radius 3 is 2.79 bits per heavy atom. The predicted molar refractivity (Wildman–Crippen MR) is 78.5 cm³/mol. The molecular weight excluding hydrogens is 236 g/mol. The molecule has 0 atom stereocenters. The molecule has 1 saturated heterocycles. The molecule has 3 rings (SSSR count). The van der Waals surface area contributed by atoms with Crippen molar-refractivity contribution < 1.29 is 0 Å². The van der Waals surface area contributed by atoms with E-state index in [1.807, 2.05) is 23.6 Å². The number of aromatic nitrogens is 1. The maximum Gasteiger partial charge on any atom is 0.251 e. The van der Waals surface area contributed by atoms with Crippen LogP contribution < -0.4 is 10.9 Å². The Labute approximate surface area is 113 Å². The first kappa shape index (κ1) is 12.4. The molecule has 1 aromatic heterocycles. The number of para-hydroxylation sites is 1. The number of hydrogen-bond acceptors (Lipinski definition) is 2. The summed E-state index contributed by atoms with van der Waals surface area (Å²) in [7, 11) is 0. The van der Waals surface area contributed by atoms with E-state index in [4.69, 9.17) is 0 Å². The summed E-state index contributed by atoms with van der Waals surface area (Å²) in [5, 5.41) is 4.56. The number of benzene rings is 1. The van der Waals surface area contributed by atoms with Crippen molar-refractivity contribution in [1.82, 2.24) is 9.88 Å². The van der Waals surface area contributed by atoms with E-state index in [0.29, 0.717) is 5.92 Å². The van der Waals surface area contributed by atoms with Crippen molar-refractivity contribution in [3.8, 4) is 0 Å². The molecule has 0 amide bonds. The number of aryl methyl sites for hydroxylation is 1. The molecule has 0 bridgehead atoms. The van der Waals surface area contributed by atoms with Gasteiger partial charge in [0.2, 0.25) is 0 Å². The van der Waals surface area contributed by atoms with Gasteiger partial charge in [-0.05, 0) is 50.4 Å². The van der Waals surface area contributed by atoms with Gasteiger partial charge in [0, 0.05) is 18.0 Å². The molecule has 1 N–H and O–H groups in total. The van der Waals surface area contributed by atoms with Crippen molar-refractivity contribution in [3.05, 3.63) is 46.2 Å². The van der Waals surface area contributed by atoms with Crippen molar-refractivity contribution in [2.75, 3.05) is 13.1 Å². The Balaban J connectivity index is 2.04. The monoisotopic (exact) mass is 256 g/mol. The minimum atomic E-state index is 0.134. The molecule has 1 aliphatic heterocycles. The van der Waals surface area contributed by atoms with Gasteiger partial charge in [0.25, 0.3) is 5.56 Å². The average Bonchev–Trinajstić information content (AvgIpc) is 2.45. The highest BCUT2D eigenvalue weighted by atomic mass is 16.1. The average molecular weight is 256 g/mol. The van der Waals surface area contributed by atoms with E-state index in [-0.39, 0.29) is 5.56 Å². The Hall–Kier alpha value is -1.61. The highest BCUT2D eigenvalue weighted by molar-refractivity contribution is 5.82. The lowest BCUT2D eigenvalue weighted by Gasteiger charge is -2.24. The largest absolute Gasteiger partial charge is 0.317 e. The van der Waals surface area contributed by atoms with Gasteiger partial charge in [-0.25, -0.2) is 0 Å². The summed E-state index contributed by atoms with van der Waals surface area (Å²) in [6.07, 6.45) is 2.32. The summed E-state index contributed by atoms with van der Waals surface area (Å²) in [6.45, 7) is 5.01. The first-order valence-electron chi connectivity index (χ1n) is 7.05. The Kier molecular flexibility index (Phi) is 3.38. The van der Waals surface area contributed by atoms with Crippen molar-refractivity contribution in [3.63, 3.8) is 0 Å². The molecule has 19 heavy (non-hydrogen) atoms. The van der Waals surface area contributed by atoms with E-state index in [2.05, 4.69) is 17.4 Å². The topological polar surface area (TPSA) is 34.0 Å². The van der Waals surface area contributed by atoms with Crippen LogP contribution in [0.2, 0.25) is 0 Å². The van der Waals surface area contributed by atoms with E-state index < -0.39 is 0 Å². The minimum Gasteiger partial charge on any atom is -0.317 e. The second-order valence-electron chi connectivity index (χ2n) is 5.49.